The Hall–Kier alpha value is -1.69. The predicted molar refractivity (Wildman–Crippen MR) is 99.7 cm³/mol. The molecule has 1 N–H and O–H groups in total. The largest absolute Gasteiger partial charge is 0.356 e. The van der Waals surface area contributed by atoms with Gasteiger partial charge in [-0.15, -0.1) is 0 Å². The second-order valence-corrected chi connectivity index (χ2v) is 7.13. The lowest BCUT2D eigenvalue weighted by Crippen LogP contribution is -2.53. The summed E-state index contributed by atoms with van der Waals surface area (Å²) in [6.07, 6.45) is 7.93. The third-order valence-corrected chi connectivity index (χ3v) is 5.56. The number of aromatic nitrogens is 2. The molecular weight excluding hydrogens is 314 g/mol. The van der Waals surface area contributed by atoms with Gasteiger partial charge in [-0.1, -0.05) is 20.3 Å². The highest BCUT2D eigenvalue weighted by Crippen LogP contribution is 2.20. The van der Waals surface area contributed by atoms with Gasteiger partial charge in [0, 0.05) is 30.9 Å². The normalized spacial score (nSPS) is 22.8. The van der Waals surface area contributed by atoms with E-state index in [2.05, 4.69) is 45.0 Å². The molecule has 1 atom stereocenters. The van der Waals surface area contributed by atoms with E-state index >= 15 is 0 Å². The number of likely N-dealkylation sites (tertiary alicyclic amines) is 1. The van der Waals surface area contributed by atoms with Gasteiger partial charge in [0.25, 0.3) is 0 Å². The number of rotatable bonds is 5. The Kier molecular flexibility index (Phi) is 6.24. The van der Waals surface area contributed by atoms with Gasteiger partial charge >= 0.3 is 0 Å². The van der Waals surface area contributed by atoms with Crippen molar-refractivity contribution in [2.45, 2.75) is 64.5 Å². The number of anilines is 1. The van der Waals surface area contributed by atoms with Crippen molar-refractivity contribution in [1.82, 2.24) is 20.2 Å². The maximum absolute atomic E-state index is 12.7. The summed E-state index contributed by atoms with van der Waals surface area (Å²) in [7, 11) is 0. The van der Waals surface area contributed by atoms with Gasteiger partial charge in [0.05, 0.1) is 6.04 Å². The number of nitrogens with one attached hydrogen (secondary N) is 1. The van der Waals surface area contributed by atoms with E-state index in [1.165, 1.54) is 12.8 Å². The quantitative estimate of drug-likeness (QED) is 0.884. The standard InChI is InChI=1S/C19H31N5O/c1-3-15-13-18(21-14-20-15)24-11-8-16(9-12-24)22-19(25)17-7-5-6-10-23(17)4-2/h13-14,16-17H,3-12H2,1-2H3,(H,22,25)/t17-/m0/s1. The van der Waals surface area contributed by atoms with E-state index in [0.29, 0.717) is 0 Å². The SMILES string of the molecule is CCc1cc(N2CCC(NC(=O)[C@@H]3CCCCN3CC)CC2)ncn1. The third kappa shape index (κ3) is 4.48. The lowest BCUT2D eigenvalue weighted by molar-refractivity contribution is -0.128. The lowest BCUT2D eigenvalue weighted by atomic mass is 9.99. The van der Waals surface area contributed by atoms with Crippen molar-refractivity contribution >= 4 is 11.7 Å². The van der Waals surface area contributed by atoms with Crippen LogP contribution >= 0.6 is 0 Å². The van der Waals surface area contributed by atoms with E-state index in [1.807, 2.05) is 0 Å². The van der Waals surface area contributed by atoms with Crippen molar-refractivity contribution in [1.29, 1.82) is 0 Å². The Labute approximate surface area is 151 Å². The van der Waals surface area contributed by atoms with Gasteiger partial charge in [-0.2, -0.15) is 0 Å². The summed E-state index contributed by atoms with van der Waals surface area (Å²) in [5, 5.41) is 3.31. The summed E-state index contributed by atoms with van der Waals surface area (Å²) in [6.45, 7) is 8.15. The molecule has 6 heteroatoms. The summed E-state index contributed by atoms with van der Waals surface area (Å²) in [5.41, 5.74) is 1.08. The first kappa shape index (κ1) is 18.1. The molecule has 138 valence electrons. The van der Waals surface area contributed by atoms with E-state index in [4.69, 9.17) is 0 Å². The highest BCUT2D eigenvalue weighted by Gasteiger charge is 2.30. The van der Waals surface area contributed by atoms with Gasteiger partial charge in [-0.3, -0.25) is 9.69 Å². The monoisotopic (exact) mass is 345 g/mol. The first-order chi connectivity index (χ1) is 12.2. The molecule has 0 saturated carbocycles. The van der Waals surface area contributed by atoms with E-state index < -0.39 is 0 Å². The number of amides is 1. The highest BCUT2D eigenvalue weighted by atomic mass is 16.2. The molecule has 2 aliphatic rings. The summed E-state index contributed by atoms with van der Waals surface area (Å²) in [4.78, 5) is 26.0. The van der Waals surface area contributed by atoms with Crippen molar-refractivity contribution in [3.63, 3.8) is 0 Å². The van der Waals surface area contributed by atoms with Crippen LogP contribution < -0.4 is 10.2 Å². The predicted octanol–water partition coefficient (Wildman–Crippen LogP) is 2.00. The van der Waals surface area contributed by atoms with Gasteiger partial charge < -0.3 is 10.2 Å². The number of carbonyl (C=O) groups excluding carboxylic acids is 1. The molecule has 0 bridgehead atoms. The fraction of sp³-hybridized carbons (Fsp3) is 0.737. The molecule has 1 aromatic heterocycles. The first-order valence-electron chi connectivity index (χ1n) is 9.81. The number of carbonyl (C=O) groups is 1. The molecule has 3 rings (SSSR count). The van der Waals surface area contributed by atoms with Gasteiger partial charge in [0.2, 0.25) is 5.91 Å². The number of hydrogen-bond acceptors (Lipinski definition) is 5. The van der Waals surface area contributed by atoms with Gasteiger partial charge in [-0.25, -0.2) is 9.97 Å². The molecule has 0 unspecified atom stereocenters. The maximum atomic E-state index is 12.7. The third-order valence-electron chi connectivity index (χ3n) is 5.56. The molecule has 0 aromatic carbocycles. The Balaban J connectivity index is 1.51. The Morgan fingerprint density at radius 1 is 1.16 bits per heavy atom. The van der Waals surface area contributed by atoms with Crippen molar-refractivity contribution in [3.8, 4) is 0 Å². The minimum absolute atomic E-state index is 0.0748. The van der Waals surface area contributed by atoms with Crippen LogP contribution in [0.3, 0.4) is 0 Å². The minimum Gasteiger partial charge on any atom is -0.356 e. The van der Waals surface area contributed by atoms with Crippen LogP contribution in [0.2, 0.25) is 0 Å². The molecule has 6 nitrogen and oxygen atoms in total. The number of aryl methyl sites for hydroxylation is 1. The summed E-state index contributed by atoms with van der Waals surface area (Å²) in [6, 6.07) is 2.45. The van der Waals surface area contributed by atoms with E-state index in [0.717, 1.165) is 63.4 Å². The van der Waals surface area contributed by atoms with Crippen LogP contribution in [0.25, 0.3) is 0 Å². The minimum atomic E-state index is 0.0748. The molecule has 3 heterocycles. The van der Waals surface area contributed by atoms with Crippen molar-refractivity contribution in [2.75, 3.05) is 31.1 Å². The fourth-order valence-electron chi connectivity index (χ4n) is 3.97. The highest BCUT2D eigenvalue weighted by molar-refractivity contribution is 5.82. The number of hydrogen-bond donors (Lipinski definition) is 1. The zero-order chi connectivity index (χ0) is 17.6. The molecule has 2 saturated heterocycles. The zero-order valence-corrected chi connectivity index (χ0v) is 15.6. The average Bonchev–Trinajstić information content (AvgIpc) is 2.68. The summed E-state index contributed by atoms with van der Waals surface area (Å²) in [5.74, 6) is 1.25. The number of likely N-dealkylation sites (N-methyl/N-ethyl adjacent to an activating group) is 1. The van der Waals surface area contributed by atoms with Crippen LogP contribution in [0.4, 0.5) is 5.82 Å². The summed E-state index contributed by atoms with van der Waals surface area (Å²) >= 11 is 0. The molecule has 1 aromatic rings. The van der Waals surface area contributed by atoms with E-state index in [-0.39, 0.29) is 18.0 Å². The second-order valence-electron chi connectivity index (χ2n) is 7.13. The molecule has 0 radical (unpaired) electrons. The van der Waals surface area contributed by atoms with E-state index in [1.54, 1.807) is 6.33 Å². The molecule has 0 aliphatic carbocycles. The van der Waals surface area contributed by atoms with Gasteiger partial charge in [0.1, 0.15) is 12.1 Å². The Morgan fingerprint density at radius 2 is 1.96 bits per heavy atom. The fourth-order valence-corrected chi connectivity index (χ4v) is 3.97. The van der Waals surface area contributed by atoms with Crippen LogP contribution in [0.15, 0.2) is 12.4 Å². The van der Waals surface area contributed by atoms with E-state index in [9.17, 15) is 4.79 Å². The van der Waals surface area contributed by atoms with Crippen molar-refractivity contribution < 1.29 is 4.79 Å². The maximum Gasteiger partial charge on any atom is 0.237 e. The molecular formula is C19H31N5O. The van der Waals surface area contributed by atoms with Crippen LogP contribution in [-0.4, -0.2) is 59.0 Å². The number of piperidine rings is 2. The number of nitrogens with zero attached hydrogens (tertiary/aromatic N) is 4. The van der Waals surface area contributed by atoms with Crippen LogP contribution in [-0.2, 0) is 11.2 Å². The molecule has 2 fully saturated rings. The van der Waals surface area contributed by atoms with Gasteiger partial charge in [0.15, 0.2) is 0 Å². The van der Waals surface area contributed by atoms with Crippen molar-refractivity contribution in [2.24, 2.45) is 0 Å². The summed E-state index contributed by atoms with van der Waals surface area (Å²) < 4.78 is 0. The topological polar surface area (TPSA) is 61.4 Å². The van der Waals surface area contributed by atoms with Crippen LogP contribution in [0, 0.1) is 0 Å². The Morgan fingerprint density at radius 3 is 2.68 bits per heavy atom. The average molecular weight is 345 g/mol. The molecule has 25 heavy (non-hydrogen) atoms. The van der Waals surface area contributed by atoms with Crippen LogP contribution in [0.5, 0.6) is 0 Å². The molecule has 1 amide bonds. The van der Waals surface area contributed by atoms with Crippen molar-refractivity contribution in [3.05, 3.63) is 18.1 Å². The Bertz CT molecular complexity index is 571. The molecule has 2 aliphatic heterocycles. The van der Waals surface area contributed by atoms with Gasteiger partial charge in [-0.05, 0) is 45.2 Å². The second kappa shape index (κ2) is 8.61. The zero-order valence-electron chi connectivity index (χ0n) is 15.6. The first-order valence-corrected chi connectivity index (χ1v) is 9.81. The smallest absolute Gasteiger partial charge is 0.237 e. The lowest BCUT2D eigenvalue weighted by Gasteiger charge is -2.37. The molecule has 0 spiro atoms. The van der Waals surface area contributed by atoms with Crippen LogP contribution in [0.1, 0.15) is 51.6 Å².